The van der Waals surface area contributed by atoms with Gasteiger partial charge in [0.2, 0.25) is 5.91 Å². The number of fused-ring (bicyclic) bond motifs is 1. The average Bonchev–Trinajstić information content (AvgIpc) is 3.08. The zero-order chi connectivity index (χ0) is 17.9. The zero-order valence-corrected chi connectivity index (χ0v) is 14.5. The number of nitrogens with zero attached hydrogens (tertiary/aromatic N) is 1. The van der Waals surface area contributed by atoms with Gasteiger partial charge in [-0.1, -0.05) is 36.4 Å². The molecule has 1 amide bonds. The number of nitrogens with one attached hydrogen (secondary N) is 2. The van der Waals surface area contributed by atoms with Crippen LogP contribution in [0.5, 0.6) is 0 Å². The highest BCUT2D eigenvalue weighted by Gasteiger charge is 2.08. The van der Waals surface area contributed by atoms with Crippen LogP contribution in [0.3, 0.4) is 0 Å². The number of H-pyrrole nitrogens is 1. The Hall–Kier alpha value is -3.40. The summed E-state index contributed by atoms with van der Waals surface area (Å²) in [4.78, 5) is 20.2. The zero-order valence-electron chi connectivity index (χ0n) is 14.5. The lowest BCUT2D eigenvalue weighted by molar-refractivity contribution is -0.115. The third-order valence-electron chi connectivity index (χ3n) is 4.44. The molecule has 0 saturated carbocycles. The van der Waals surface area contributed by atoms with Crippen LogP contribution in [0, 0.1) is 6.92 Å². The molecule has 2 N–H and O–H groups in total. The molecule has 4 heteroatoms. The third-order valence-corrected chi connectivity index (χ3v) is 4.44. The number of carbonyl (C=O) groups excluding carboxylic acids is 1. The van der Waals surface area contributed by atoms with E-state index >= 15 is 0 Å². The van der Waals surface area contributed by atoms with Gasteiger partial charge in [0.1, 0.15) is 5.82 Å². The predicted molar refractivity (Wildman–Crippen MR) is 105 cm³/mol. The summed E-state index contributed by atoms with van der Waals surface area (Å²) in [5.41, 5.74) is 5.89. The van der Waals surface area contributed by atoms with Gasteiger partial charge in [-0.15, -0.1) is 0 Å². The maximum absolute atomic E-state index is 12.3. The summed E-state index contributed by atoms with van der Waals surface area (Å²) < 4.78 is 0. The van der Waals surface area contributed by atoms with Crippen LogP contribution < -0.4 is 5.32 Å². The fraction of sp³-hybridized carbons (Fsp3) is 0.0909. The molecule has 0 bridgehead atoms. The minimum atomic E-state index is -0.0178. The van der Waals surface area contributed by atoms with Crippen molar-refractivity contribution in [2.45, 2.75) is 13.3 Å². The highest BCUT2D eigenvalue weighted by Crippen LogP contribution is 2.22. The number of aromatic amines is 1. The first kappa shape index (κ1) is 16.1. The van der Waals surface area contributed by atoms with Crippen molar-refractivity contribution >= 4 is 22.6 Å². The molecule has 4 nitrogen and oxygen atoms in total. The largest absolute Gasteiger partial charge is 0.338 e. The lowest BCUT2D eigenvalue weighted by atomic mass is 10.1. The van der Waals surface area contributed by atoms with Crippen LogP contribution in [0.1, 0.15) is 11.1 Å². The van der Waals surface area contributed by atoms with Gasteiger partial charge in [-0.05, 0) is 54.4 Å². The maximum Gasteiger partial charge on any atom is 0.228 e. The standard InChI is InChI=1S/C22H19N3O/c1-15-6-2-3-7-17(15)14-21(26)23-18-12-10-16(11-13-18)22-24-19-8-4-5-9-20(19)25-22/h2-13H,14H2,1H3,(H,23,26)(H,24,25). The van der Waals surface area contributed by atoms with Crippen molar-refractivity contribution in [1.82, 2.24) is 9.97 Å². The van der Waals surface area contributed by atoms with Crippen LogP contribution in [0.25, 0.3) is 22.4 Å². The molecule has 1 aromatic heterocycles. The first-order valence-electron chi connectivity index (χ1n) is 8.58. The quantitative estimate of drug-likeness (QED) is 0.564. The van der Waals surface area contributed by atoms with E-state index in [-0.39, 0.29) is 5.91 Å². The minimum absolute atomic E-state index is 0.0178. The van der Waals surface area contributed by atoms with Gasteiger partial charge in [0.05, 0.1) is 17.5 Å². The number of hydrogen-bond acceptors (Lipinski definition) is 2. The summed E-state index contributed by atoms with van der Waals surface area (Å²) >= 11 is 0. The normalized spacial score (nSPS) is 10.8. The van der Waals surface area contributed by atoms with Gasteiger partial charge in [0.15, 0.2) is 0 Å². The van der Waals surface area contributed by atoms with Crippen LogP contribution in [0.2, 0.25) is 0 Å². The van der Waals surface area contributed by atoms with Gasteiger partial charge < -0.3 is 10.3 Å². The Morgan fingerprint density at radius 1 is 0.962 bits per heavy atom. The molecule has 0 atom stereocenters. The lowest BCUT2D eigenvalue weighted by Gasteiger charge is -2.08. The average molecular weight is 341 g/mol. The van der Waals surface area contributed by atoms with Crippen molar-refractivity contribution in [2.75, 3.05) is 5.32 Å². The Bertz CT molecular complexity index is 1030. The number of para-hydroxylation sites is 2. The number of carbonyl (C=O) groups is 1. The molecule has 4 aromatic rings. The predicted octanol–water partition coefficient (Wildman–Crippen LogP) is 4.72. The van der Waals surface area contributed by atoms with Crippen LogP contribution in [-0.4, -0.2) is 15.9 Å². The fourth-order valence-corrected chi connectivity index (χ4v) is 2.99. The van der Waals surface area contributed by atoms with Crippen molar-refractivity contribution in [3.63, 3.8) is 0 Å². The van der Waals surface area contributed by atoms with E-state index in [0.717, 1.165) is 39.2 Å². The molecule has 26 heavy (non-hydrogen) atoms. The summed E-state index contributed by atoms with van der Waals surface area (Å²) in [6.07, 6.45) is 0.373. The van der Waals surface area contributed by atoms with Crippen molar-refractivity contribution in [3.8, 4) is 11.4 Å². The molecular weight excluding hydrogens is 322 g/mol. The molecule has 0 aliphatic carbocycles. The van der Waals surface area contributed by atoms with E-state index in [1.54, 1.807) is 0 Å². The summed E-state index contributed by atoms with van der Waals surface area (Å²) in [5, 5.41) is 2.95. The van der Waals surface area contributed by atoms with Crippen molar-refractivity contribution in [1.29, 1.82) is 0 Å². The summed E-state index contributed by atoms with van der Waals surface area (Å²) in [6.45, 7) is 2.02. The molecule has 0 aliphatic heterocycles. The third kappa shape index (κ3) is 3.35. The second kappa shape index (κ2) is 6.84. The van der Waals surface area contributed by atoms with E-state index in [0.29, 0.717) is 6.42 Å². The van der Waals surface area contributed by atoms with Crippen LogP contribution >= 0.6 is 0 Å². The molecule has 0 saturated heterocycles. The number of aryl methyl sites for hydroxylation is 1. The van der Waals surface area contributed by atoms with Crippen LogP contribution in [-0.2, 0) is 11.2 Å². The molecule has 3 aromatic carbocycles. The number of imidazole rings is 1. The van der Waals surface area contributed by atoms with E-state index in [4.69, 9.17) is 0 Å². The van der Waals surface area contributed by atoms with Crippen molar-refractivity contribution in [3.05, 3.63) is 83.9 Å². The van der Waals surface area contributed by atoms with Gasteiger partial charge in [-0.25, -0.2) is 4.98 Å². The molecule has 0 unspecified atom stereocenters. The second-order valence-electron chi connectivity index (χ2n) is 6.33. The molecule has 0 fully saturated rings. The lowest BCUT2D eigenvalue weighted by Crippen LogP contribution is -2.14. The van der Waals surface area contributed by atoms with E-state index in [1.165, 1.54) is 0 Å². The Kier molecular flexibility index (Phi) is 4.23. The number of rotatable bonds is 4. The Morgan fingerprint density at radius 2 is 1.69 bits per heavy atom. The molecule has 4 rings (SSSR count). The Balaban J connectivity index is 1.47. The SMILES string of the molecule is Cc1ccccc1CC(=O)Nc1ccc(-c2nc3ccccc3[nH]2)cc1. The highest BCUT2D eigenvalue weighted by atomic mass is 16.1. The minimum Gasteiger partial charge on any atom is -0.338 e. The number of aromatic nitrogens is 2. The van der Waals surface area contributed by atoms with Crippen LogP contribution in [0.4, 0.5) is 5.69 Å². The fourth-order valence-electron chi connectivity index (χ4n) is 2.99. The van der Waals surface area contributed by atoms with E-state index in [1.807, 2.05) is 79.7 Å². The molecule has 1 heterocycles. The summed E-state index contributed by atoms with van der Waals surface area (Å²) in [6, 6.07) is 23.6. The molecule has 128 valence electrons. The monoisotopic (exact) mass is 341 g/mol. The maximum atomic E-state index is 12.3. The number of hydrogen-bond donors (Lipinski definition) is 2. The molecule has 0 radical (unpaired) electrons. The van der Waals surface area contributed by atoms with E-state index in [9.17, 15) is 4.79 Å². The smallest absolute Gasteiger partial charge is 0.228 e. The first-order chi connectivity index (χ1) is 12.7. The summed E-state index contributed by atoms with van der Waals surface area (Å²) in [7, 11) is 0. The Labute approximate surface area is 151 Å². The second-order valence-corrected chi connectivity index (χ2v) is 6.33. The van der Waals surface area contributed by atoms with E-state index in [2.05, 4.69) is 15.3 Å². The number of benzene rings is 3. The molecule has 0 aliphatic rings. The van der Waals surface area contributed by atoms with E-state index < -0.39 is 0 Å². The Morgan fingerprint density at radius 3 is 2.46 bits per heavy atom. The van der Waals surface area contributed by atoms with Gasteiger partial charge in [-0.3, -0.25) is 4.79 Å². The number of anilines is 1. The van der Waals surface area contributed by atoms with Gasteiger partial charge in [-0.2, -0.15) is 0 Å². The van der Waals surface area contributed by atoms with Gasteiger partial charge in [0, 0.05) is 11.3 Å². The number of amides is 1. The highest BCUT2D eigenvalue weighted by molar-refractivity contribution is 5.92. The summed E-state index contributed by atoms with van der Waals surface area (Å²) in [5.74, 6) is 0.805. The van der Waals surface area contributed by atoms with Crippen LogP contribution in [0.15, 0.2) is 72.8 Å². The van der Waals surface area contributed by atoms with Gasteiger partial charge >= 0.3 is 0 Å². The van der Waals surface area contributed by atoms with Crippen molar-refractivity contribution < 1.29 is 4.79 Å². The first-order valence-corrected chi connectivity index (χ1v) is 8.58. The molecular formula is C22H19N3O. The molecule has 0 spiro atoms. The van der Waals surface area contributed by atoms with Crippen molar-refractivity contribution in [2.24, 2.45) is 0 Å². The van der Waals surface area contributed by atoms with Gasteiger partial charge in [0.25, 0.3) is 0 Å². The topological polar surface area (TPSA) is 57.8 Å².